The van der Waals surface area contributed by atoms with Gasteiger partial charge in [-0.1, -0.05) is 13.3 Å². The van der Waals surface area contributed by atoms with E-state index in [-0.39, 0.29) is 19.3 Å². The molecule has 2 atom stereocenters. The van der Waals surface area contributed by atoms with Crippen LogP contribution >= 0.6 is 0 Å². The van der Waals surface area contributed by atoms with E-state index in [0.717, 1.165) is 30.3 Å². The van der Waals surface area contributed by atoms with Gasteiger partial charge in [0.15, 0.2) is 9.84 Å². The summed E-state index contributed by atoms with van der Waals surface area (Å²) in [4.78, 5) is 11.6. The number of hydrogen-bond acceptors (Lipinski definition) is 4. The third-order valence-electron chi connectivity index (χ3n) is 5.70. The summed E-state index contributed by atoms with van der Waals surface area (Å²) in [7, 11) is -4.63. The maximum Gasteiger partial charge on any atom is 0.416 e. The molecular weight excluding hydrogens is 455 g/mol. The fourth-order valence-corrected chi connectivity index (χ4v) is 6.41. The van der Waals surface area contributed by atoms with E-state index in [9.17, 15) is 35.2 Å². The lowest BCUT2D eigenvalue weighted by atomic mass is 9.80. The molecule has 0 bridgehead atoms. The lowest BCUT2D eigenvalue weighted by Gasteiger charge is -2.43. The van der Waals surface area contributed by atoms with Gasteiger partial charge >= 0.3 is 12.1 Å². The van der Waals surface area contributed by atoms with Crippen molar-refractivity contribution >= 4 is 15.8 Å². The highest BCUT2D eigenvalue weighted by Crippen LogP contribution is 2.49. The number of ether oxygens (including phenoxy) is 1. The monoisotopic (exact) mass is 476 g/mol. The van der Waals surface area contributed by atoms with E-state index in [1.165, 1.54) is 6.92 Å². The highest BCUT2D eigenvalue weighted by molar-refractivity contribution is 7.92. The lowest BCUT2D eigenvalue weighted by Crippen LogP contribution is -2.51. The topological polar surface area (TPSA) is 60.4 Å². The molecule has 3 rings (SSSR count). The van der Waals surface area contributed by atoms with Crippen LogP contribution < -0.4 is 0 Å². The fraction of sp³-hybridized carbons (Fsp3) is 0.409. The second-order valence-electron chi connectivity index (χ2n) is 7.62. The van der Waals surface area contributed by atoms with Crippen LogP contribution in [0, 0.1) is 11.6 Å². The fourth-order valence-electron chi connectivity index (χ4n) is 4.12. The highest BCUT2D eigenvalue weighted by Gasteiger charge is 2.56. The first-order valence-electron chi connectivity index (χ1n) is 10.0. The zero-order valence-corrected chi connectivity index (χ0v) is 17.9. The van der Waals surface area contributed by atoms with Gasteiger partial charge in [0.2, 0.25) is 0 Å². The Morgan fingerprint density at radius 2 is 1.75 bits per heavy atom. The maximum atomic E-state index is 14.9. The SMILES string of the molecule is CCC(=O)OC1CCCCC1(c1cc(F)ccc1F)S(=O)(=O)c1ccc(C(F)(F)F)cc1. The third-order valence-corrected chi connectivity index (χ3v) is 8.24. The zero-order chi connectivity index (χ0) is 23.7. The van der Waals surface area contributed by atoms with Crippen LogP contribution in [0.5, 0.6) is 0 Å². The first kappa shape index (κ1) is 24.2. The first-order valence-corrected chi connectivity index (χ1v) is 11.5. The maximum absolute atomic E-state index is 14.9. The Morgan fingerprint density at radius 3 is 2.34 bits per heavy atom. The van der Waals surface area contributed by atoms with Crippen molar-refractivity contribution in [3.05, 3.63) is 65.2 Å². The number of carbonyl (C=O) groups excluding carboxylic acids is 1. The number of sulfone groups is 1. The number of hydrogen-bond donors (Lipinski definition) is 0. The first-order chi connectivity index (χ1) is 14.9. The van der Waals surface area contributed by atoms with Crippen molar-refractivity contribution < 1.29 is 39.9 Å². The molecule has 0 radical (unpaired) electrons. The molecule has 10 heteroatoms. The molecule has 2 aromatic carbocycles. The summed E-state index contributed by atoms with van der Waals surface area (Å²) in [5, 5.41) is 0. The molecule has 1 aliphatic carbocycles. The predicted octanol–water partition coefficient (Wildman–Crippen LogP) is 5.55. The third kappa shape index (κ3) is 4.24. The summed E-state index contributed by atoms with van der Waals surface area (Å²) >= 11 is 0. The summed E-state index contributed by atoms with van der Waals surface area (Å²) in [6.45, 7) is 1.50. The van der Waals surface area contributed by atoms with Gasteiger partial charge < -0.3 is 4.74 Å². The van der Waals surface area contributed by atoms with Gasteiger partial charge in [-0.3, -0.25) is 4.79 Å². The van der Waals surface area contributed by atoms with E-state index < -0.39 is 60.5 Å². The van der Waals surface area contributed by atoms with Gasteiger partial charge in [-0.2, -0.15) is 13.2 Å². The Balaban J connectivity index is 2.26. The Labute approximate surface area is 182 Å². The van der Waals surface area contributed by atoms with E-state index in [2.05, 4.69) is 0 Å². The molecule has 0 N–H and O–H groups in total. The largest absolute Gasteiger partial charge is 0.460 e. The number of rotatable bonds is 5. The molecule has 0 aromatic heterocycles. The van der Waals surface area contributed by atoms with Gasteiger partial charge in [-0.15, -0.1) is 0 Å². The number of esters is 1. The second kappa shape index (κ2) is 8.80. The normalized spacial score (nSPS) is 21.9. The Hall–Kier alpha value is -2.49. The minimum atomic E-state index is -4.68. The predicted molar refractivity (Wildman–Crippen MR) is 105 cm³/mol. The summed E-state index contributed by atoms with van der Waals surface area (Å²) in [5.74, 6) is -2.63. The number of halogens is 5. The van der Waals surface area contributed by atoms with Gasteiger partial charge in [0.05, 0.1) is 10.5 Å². The van der Waals surface area contributed by atoms with E-state index >= 15 is 0 Å². The minimum Gasteiger partial charge on any atom is -0.460 e. The number of benzene rings is 2. The summed E-state index contributed by atoms with van der Waals surface area (Å²) in [6.07, 6.45) is -5.44. The molecule has 2 unspecified atom stereocenters. The molecule has 4 nitrogen and oxygen atoms in total. The molecule has 1 fully saturated rings. The average molecular weight is 476 g/mol. The van der Waals surface area contributed by atoms with Crippen molar-refractivity contribution in [1.29, 1.82) is 0 Å². The van der Waals surface area contributed by atoms with Gasteiger partial charge in [-0.05, 0) is 61.7 Å². The smallest absolute Gasteiger partial charge is 0.416 e. The molecule has 0 saturated heterocycles. The minimum absolute atomic E-state index is 0.0709. The van der Waals surface area contributed by atoms with Crippen molar-refractivity contribution in [3.8, 4) is 0 Å². The Bertz CT molecular complexity index is 1100. The van der Waals surface area contributed by atoms with Crippen molar-refractivity contribution in [2.75, 3.05) is 0 Å². The molecule has 0 aliphatic heterocycles. The summed E-state index contributed by atoms with van der Waals surface area (Å²) in [5.41, 5.74) is -1.56. The molecule has 0 heterocycles. The van der Waals surface area contributed by atoms with E-state index in [0.29, 0.717) is 25.0 Å². The van der Waals surface area contributed by atoms with E-state index in [1.54, 1.807) is 0 Å². The van der Waals surface area contributed by atoms with Crippen LogP contribution in [0.1, 0.15) is 50.2 Å². The molecular formula is C22H21F5O4S. The Morgan fingerprint density at radius 1 is 1.09 bits per heavy atom. The van der Waals surface area contributed by atoms with Crippen molar-refractivity contribution in [1.82, 2.24) is 0 Å². The van der Waals surface area contributed by atoms with Crippen LogP contribution in [0.3, 0.4) is 0 Å². The zero-order valence-electron chi connectivity index (χ0n) is 17.1. The number of carbonyl (C=O) groups is 1. The van der Waals surface area contributed by atoms with Crippen LogP contribution in [0.4, 0.5) is 22.0 Å². The van der Waals surface area contributed by atoms with Gasteiger partial charge in [0.25, 0.3) is 0 Å². The molecule has 0 spiro atoms. The van der Waals surface area contributed by atoms with Crippen LogP contribution in [0.2, 0.25) is 0 Å². The van der Waals surface area contributed by atoms with Crippen LogP contribution in [-0.4, -0.2) is 20.5 Å². The summed E-state index contributed by atoms with van der Waals surface area (Å²) in [6, 6.07) is 5.13. The Kier molecular flexibility index (Phi) is 6.65. The second-order valence-corrected chi connectivity index (χ2v) is 9.82. The molecule has 1 saturated carbocycles. The highest BCUT2D eigenvalue weighted by atomic mass is 32.2. The van der Waals surface area contributed by atoms with Crippen molar-refractivity contribution in [3.63, 3.8) is 0 Å². The van der Waals surface area contributed by atoms with Gasteiger partial charge in [-0.25, -0.2) is 17.2 Å². The molecule has 174 valence electrons. The van der Waals surface area contributed by atoms with Crippen molar-refractivity contribution in [2.24, 2.45) is 0 Å². The quantitative estimate of drug-likeness (QED) is 0.420. The summed E-state index contributed by atoms with van der Waals surface area (Å²) < 4.78 is 98.8. The van der Waals surface area contributed by atoms with E-state index in [4.69, 9.17) is 4.74 Å². The van der Waals surface area contributed by atoms with Crippen LogP contribution in [0.25, 0.3) is 0 Å². The van der Waals surface area contributed by atoms with Crippen molar-refractivity contribution in [2.45, 2.75) is 61.0 Å². The average Bonchev–Trinajstić information content (AvgIpc) is 2.75. The lowest BCUT2D eigenvalue weighted by molar-refractivity contribution is -0.152. The standard InChI is InChI=1S/C22H21F5O4S/c1-2-20(28)31-19-5-3-4-12-21(19,17-13-15(23)8-11-18(17)24)32(29,30)16-9-6-14(7-10-16)22(25,26)27/h6-11,13,19H,2-5,12H2,1H3. The van der Waals surface area contributed by atoms with Crippen LogP contribution in [-0.2, 0) is 30.3 Å². The number of alkyl halides is 3. The van der Waals surface area contributed by atoms with E-state index in [1.807, 2.05) is 0 Å². The molecule has 32 heavy (non-hydrogen) atoms. The molecule has 1 aliphatic rings. The van der Waals surface area contributed by atoms with Gasteiger partial charge in [0, 0.05) is 12.0 Å². The molecule has 0 amide bonds. The van der Waals surface area contributed by atoms with Gasteiger partial charge in [0.1, 0.15) is 22.5 Å². The molecule has 2 aromatic rings. The van der Waals surface area contributed by atoms with Crippen LogP contribution in [0.15, 0.2) is 47.4 Å².